The maximum Gasteiger partial charge on any atom is 0.303 e. The van der Waals surface area contributed by atoms with E-state index in [0.717, 1.165) is 32.1 Å². The molecule has 0 saturated heterocycles. The SMILES string of the molecule is O=C(O)CCCCCCCCCCCCCCCC(=O)CC1CCC(F)(F)CC1. The summed E-state index contributed by atoms with van der Waals surface area (Å²) < 4.78 is 26.3. The summed E-state index contributed by atoms with van der Waals surface area (Å²) in [5, 5.41) is 8.57. The average molecular weight is 417 g/mol. The van der Waals surface area contributed by atoms with E-state index >= 15 is 0 Å². The lowest BCUT2D eigenvalue weighted by atomic mass is 9.83. The van der Waals surface area contributed by atoms with Crippen molar-refractivity contribution >= 4 is 11.8 Å². The van der Waals surface area contributed by atoms with Crippen LogP contribution in [0, 0.1) is 5.92 Å². The smallest absolute Gasteiger partial charge is 0.303 e. The summed E-state index contributed by atoms with van der Waals surface area (Å²) in [5.41, 5.74) is 0. The summed E-state index contributed by atoms with van der Waals surface area (Å²) in [6.45, 7) is 0. The van der Waals surface area contributed by atoms with Crippen molar-refractivity contribution in [3.63, 3.8) is 0 Å². The Bertz CT molecular complexity index is 441. The van der Waals surface area contributed by atoms with E-state index in [9.17, 15) is 18.4 Å². The van der Waals surface area contributed by atoms with Gasteiger partial charge in [0.25, 0.3) is 0 Å². The van der Waals surface area contributed by atoms with Crippen molar-refractivity contribution in [3.8, 4) is 0 Å². The van der Waals surface area contributed by atoms with Crippen LogP contribution in [0.2, 0.25) is 0 Å². The number of carboxylic acid groups (broad SMARTS) is 1. The third-order valence-electron chi connectivity index (χ3n) is 6.20. The average Bonchev–Trinajstić information content (AvgIpc) is 2.66. The van der Waals surface area contributed by atoms with Gasteiger partial charge in [-0.3, -0.25) is 9.59 Å². The molecule has 0 aliphatic heterocycles. The molecule has 1 aliphatic rings. The summed E-state index contributed by atoms with van der Waals surface area (Å²) in [5.74, 6) is -2.73. The number of hydrogen-bond acceptors (Lipinski definition) is 2. The highest BCUT2D eigenvalue weighted by Gasteiger charge is 2.35. The molecule has 1 rings (SSSR count). The van der Waals surface area contributed by atoms with E-state index in [1.54, 1.807) is 0 Å². The Labute approximate surface area is 176 Å². The van der Waals surface area contributed by atoms with Gasteiger partial charge >= 0.3 is 5.97 Å². The van der Waals surface area contributed by atoms with Crippen LogP contribution in [-0.2, 0) is 9.59 Å². The number of halogens is 2. The van der Waals surface area contributed by atoms with Gasteiger partial charge in [-0.2, -0.15) is 0 Å². The van der Waals surface area contributed by atoms with E-state index in [2.05, 4.69) is 0 Å². The number of carboxylic acids is 1. The lowest BCUT2D eigenvalue weighted by Crippen LogP contribution is -2.25. The van der Waals surface area contributed by atoms with E-state index < -0.39 is 11.9 Å². The molecule has 1 N–H and O–H groups in total. The van der Waals surface area contributed by atoms with E-state index in [0.29, 0.717) is 32.1 Å². The van der Waals surface area contributed by atoms with Crippen LogP contribution in [0.25, 0.3) is 0 Å². The molecule has 1 aliphatic carbocycles. The molecule has 1 saturated carbocycles. The fraction of sp³-hybridized carbons (Fsp3) is 0.917. The first-order valence-corrected chi connectivity index (χ1v) is 12.0. The number of unbranched alkanes of at least 4 members (excludes halogenated alkanes) is 12. The number of carbonyl (C=O) groups excluding carboxylic acids is 1. The lowest BCUT2D eigenvalue weighted by molar-refractivity contribution is -0.137. The second-order valence-corrected chi connectivity index (χ2v) is 9.03. The number of Topliss-reactive ketones (excluding diaryl/α,β-unsaturated/α-hetero) is 1. The number of ketones is 1. The Kier molecular flexibility index (Phi) is 14.2. The van der Waals surface area contributed by atoms with Crippen molar-refractivity contribution in [1.29, 1.82) is 0 Å². The van der Waals surface area contributed by atoms with Gasteiger partial charge < -0.3 is 5.11 Å². The standard InChI is InChI=1S/C24H42F2O3/c25-24(26)18-16-21(17-19-24)20-22(27)14-12-10-8-6-4-2-1-3-5-7-9-11-13-15-23(28)29/h21H,1-20H2,(H,28,29). The normalized spacial score (nSPS) is 16.8. The molecule has 29 heavy (non-hydrogen) atoms. The van der Waals surface area contributed by atoms with Gasteiger partial charge in [-0.25, -0.2) is 8.78 Å². The molecule has 0 aromatic carbocycles. The third-order valence-corrected chi connectivity index (χ3v) is 6.20. The molecule has 0 heterocycles. The van der Waals surface area contributed by atoms with Gasteiger partial charge in [-0.15, -0.1) is 0 Å². The minimum atomic E-state index is -2.50. The first kappa shape index (κ1) is 26.0. The van der Waals surface area contributed by atoms with E-state index in [4.69, 9.17) is 5.11 Å². The van der Waals surface area contributed by atoms with Crippen LogP contribution in [0.5, 0.6) is 0 Å². The Hall–Kier alpha value is -1.00. The van der Waals surface area contributed by atoms with Crippen LogP contribution in [-0.4, -0.2) is 22.8 Å². The zero-order chi connectivity index (χ0) is 21.4. The van der Waals surface area contributed by atoms with E-state index in [1.165, 1.54) is 51.4 Å². The van der Waals surface area contributed by atoms with Crippen LogP contribution in [0.3, 0.4) is 0 Å². The zero-order valence-corrected chi connectivity index (χ0v) is 18.2. The van der Waals surface area contributed by atoms with Crippen molar-refractivity contribution in [1.82, 2.24) is 0 Å². The molecule has 0 aromatic rings. The molecule has 0 atom stereocenters. The predicted molar refractivity (Wildman–Crippen MR) is 113 cm³/mol. The molecule has 0 amide bonds. The topological polar surface area (TPSA) is 54.4 Å². The highest BCUT2D eigenvalue weighted by atomic mass is 19.3. The number of carbonyl (C=O) groups is 2. The van der Waals surface area contributed by atoms with Crippen LogP contribution in [0.15, 0.2) is 0 Å². The first-order valence-electron chi connectivity index (χ1n) is 12.0. The molecule has 0 aromatic heterocycles. The summed E-state index contributed by atoms with van der Waals surface area (Å²) in [6, 6.07) is 0. The summed E-state index contributed by atoms with van der Waals surface area (Å²) in [6.07, 6.45) is 17.4. The van der Waals surface area contributed by atoms with Gasteiger partial charge in [0.05, 0.1) is 0 Å². The molecule has 0 radical (unpaired) electrons. The predicted octanol–water partition coefficient (Wildman–Crippen LogP) is 7.71. The molecular formula is C24H42F2O3. The maximum atomic E-state index is 13.1. The van der Waals surface area contributed by atoms with E-state index in [-0.39, 0.29) is 24.5 Å². The highest BCUT2D eigenvalue weighted by Crippen LogP contribution is 2.37. The largest absolute Gasteiger partial charge is 0.481 e. The van der Waals surface area contributed by atoms with E-state index in [1.807, 2.05) is 0 Å². The van der Waals surface area contributed by atoms with Gasteiger partial charge in [-0.05, 0) is 31.6 Å². The van der Waals surface area contributed by atoms with Gasteiger partial charge in [0.2, 0.25) is 5.92 Å². The first-order chi connectivity index (χ1) is 13.9. The highest BCUT2D eigenvalue weighted by molar-refractivity contribution is 5.78. The van der Waals surface area contributed by atoms with Gasteiger partial charge in [0, 0.05) is 32.1 Å². The molecule has 0 spiro atoms. The second kappa shape index (κ2) is 15.8. The Morgan fingerprint density at radius 3 is 1.48 bits per heavy atom. The second-order valence-electron chi connectivity index (χ2n) is 9.03. The maximum absolute atomic E-state index is 13.1. The van der Waals surface area contributed by atoms with Crippen molar-refractivity contribution in [2.45, 2.75) is 134 Å². The molecule has 0 bridgehead atoms. The third kappa shape index (κ3) is 15.5. The minimum Gasteiger partial charge on any atom is -0.481 e. The van der Waals surface area contributed by atoms with Crippen molar-refractivity contribution < 1.29 is 23.5 Å². The quantitative estimate of drug-likeness (QED) is 0.233. The number of rotatable bonds is 18. The zero-order valence-electron chi connectivity index (χ0n) is 18.2. The molecule has 1 fully saturated rings. The Balaban J connectivity index is 1.79. The minimum absolute atomic E-state index is 0.0439. The van der Waals surface area contributed by atoms with Crippen molar-refractivity contribution in [2.24, 2.45) is 5.92 Å². The molecule has 170 valence electrons. The number of aliphatic carboxylic acids is 1. The molecular weight excluding hydrogens is 374 g/mol. The number of alkyl halides is 2. The fourth-order valence-corrected chi connectivity index (χ4v) is 4.27. The molecule has 0 unspecified atom stereocenters. The van der Waals surface area contributed by atoms with Crippen LogP contribution in [0.4, 0.5) is 8.78 Å². The van der Waals surface area contributed by atoms with Gasteiger partial charge in [0.1, 0.15) is 5.78 Å². The molecule has 3 nitrogen and oxygen atoms in total. The Morgan fingerprint density at radius 2 is 1.07 bits per heavy atom. The summed E-state index contributed by atoms with van der Waals surface area (Å²) in [7, 11) is 0. The summed E-state index contributed by atoms with van der Waals surface area (Å²) in [4.78, 5) is 22.4. The van der Waals surface area contributed by atoms with Crippen molar-refractivity contribution in [2.75, 3.05) is 0 Å². The van der Waals surface area contributed by atoms with Crippen LogP contribution >= 0.6 is 0 Å². The van der Waals surface area contributed by atoms with Crippen LogP contribution in [0.1, 0.15) is 128 Å². The number of hydrogen-bond donors (Lipinski definition) is 1. The van der Waals surface area contributed by atoms with Gasteiger partial charge in [0.15, 0.2) is 0 Å². The van der Waals surface area contributed by atoms with Crippen LogP contribution < -0.4 is 0 Å². The Morgan fingerprint density at radius 1 is 0.690 bits per heavy atom. The monoisotopic (exact) mass is 416 g/mol. The summed E-state index contributed by atoms with van der Waals surface area (Å²) >= 11 is 0. The van der Waals surface area contributed by atoms with Crippen molar-refractivity contribution in [3.05, 3.63) is 0 Å². The fourth-order valence-electron chi connectivity index (χ4n) is 4.27. The lowest BCUT2D eigenvalue weighted by Gasteiger charge is -2.27. The molecule has 5 heteroatoms. The van der Waals surface area contributed by atoms with Gasteiger partial charge in [-0.1, -0.05) is 70.6 Å².